The Labute approximate surface area is 137 Å². The first kappa shape index (κ1) is 16.1. The molecule has 0 bridgehead atoms. The van der Waals surface area contributed by atoms with Crippen LogP contribution in [0.25, 0.3) is 0 Å². The minimum Gasteiger partial charge on any atom is -0.375 e. The largest absolute Gasteiger partial charge is 0.375 e. The van der Waals surface area contributed by atoms with E-state index in [1.807, 2.05) is 30.3 Å². The number of hydrogen-bond donors (Lipinski definition) is 4. The SMILES string of the molecule is NC(=S)N/N=C/c1[nH]c(=S)[nH]c(=O)c1CCc1ccccc1. The van der Waals surface area contributed by atoms with E-state index in [9.17, 15) is 4.79 Å². The van der Waals surface area contributed by atoms with Gasteiger partial charge in [-0.2, -0.15) is 5.10 Å². The lowest BCUT2D eigenvalue weighted by Crippen LogP contribution is -2.25. The molecular weight excluding hydrogens is 318 g/mol. The quantitative estimate of drug-likeness (QED) is 0.376. The van der Waals surface area contributed by atoms with E-state index >= 15 is 0 Å². The first-order valence-electron chi connectivity index (χ1n) is 6.54. The molecule has 0 unspecified atom stereocenters. The third-order valence-electron chi connectivity index (χ3n) is 2.95. The van der Waals surface area contributed by atoms with E-state index in [1.54, 1.807) is 0 Å². The van der Waals surface area contributed by atoms with E-state index in [4.69, 9.17) is 18.0 Å². The van der Waals surface area contributed by atoms with Crippen molar-refractivity contribution in [3.8, 4) is 0 Å². The summed E-state index contributed by atoms with van der Waals surface area (Å²) < 4.78 is 0.241. The third-order valence-corrected chi connectivity index (χ3v) is 3.24. The van der Waals surface area contributed by atoms with Gasteiger partial charge in [-0.25, -0.2) is 0 Å². The zero-order chi connectivity index (χ0) is 15.9. The first-order valence-corrected chi connectivity index (χ1v) is 7.36. The van der Waals surface area contributed by atoms with Crippen molar-refractivity contribution in [2.45, 2.75) is 12.8 Å². The molecule has 0 saturated heterocycles. The highest BCUT2D eigenvalue weighted by Gasteiger charge is 2.07. The number of hydrazone groups is 1. The van der Waals surface area contributed by atoms with Crippen LogP contribution in [-0.2, 0) is 12.8 Å². The Morgan fingerprint density at radius 3 is 2.68 bits per heavy atom. The Morgan fingerprint density at radius 2 is 2.00 bits per heavy atom. The Hall–Kier alpha value is -2.32. The van der Waals surface area contributed by atoms with Gasteiger partial charge < -0.3 is 10.7 Å². The molecule has 114 valence electrons. The van der Waals surface area contributed by atoms with Crippen molar-refractivity contribution < 1.29 is 0 Å². The highest BCUT2D eigenvalue weighted by molar-refractivity contribution is 7.80. The highest BCUT2D eigenvalue weighted by atomic mass is 32.1. The molecule has 0 fully saturated rings. The average molecular weight is 333 g/mol. The number of H-pyrrole nitrogens is 2. The molecular formula is C14H15N5OS2. The second-order valence-corrected chi connectivity index (χ2v) is 5.37. The van der Waals surface area contributed by atoms with Crippen molar-refractivity contribution in [3.05, 3.63) is 62.3 Å². The number of nitrogens with one attached hydrogen (secondary N) is 3. The smallest absolute Gasteiger partial charge is 0.255 e. The molecule has 0 radical (unpaired) electrons. The number of aryl methyl sites for hydroxylation is 1. The van der Waals surface area contributed by atoms with Gasteiger partial charge in [0.1, 0.15) is 0 Å². The number of nitrogens with two attached hydrogens (primary N) is 1. The summed E-state index contributed by atoms with van der Waals surface area (Å²) in [5, 5.41) is 3.91. The maximum absolute atomic E-state index is 12.1. The van der Waals surface area contributed by atoms with Gasteiger partial charge in [-0.1, -0.05) is 30.3 Å². The Bertz CT molecular complexity index is 795. The average Bonchev–Trinajstić information content (AvgIpc) is 2.47. The number of aromatic nitrogens is 2. The topological polar surface area (TPSA) is 99.1 Å². The van der Waals surface area contributed by atoms with Crippen LogP contribution in [0.1, 0.15) is 16.8 Å². The van der Waals surface area contributed by atoms with Crippen molar-refractivity contribution >= 4 is 35.8 Å². The van der Waals surface area contributed by atoms with E-state index in [1.165, 1.54) is 6.21 Å². The molecule has 0 saturated carbocycles. The zero-order valence-electron chi connectivity index (χ0n) is 11.6. The van der Waals surface area contributed by atoms with E-state index in [2.05, 4.69) is 32.7 Å². The predicted octanol–water partition coefficient (Wildman–Crippen LogP) is 1.38. The van der Waals surface area contributed by atoms with Crippen molar-refractivity contribution in [2.24, 2.45) is 10.8 Å². The summed E-state index contributed by atoms with van der Waals surface area (Å²) in [6.07, 6.45) is 2.74. The van der Waals surface area contributed by atoms with Gasteiger partial charge in [-0.3, -0.25) is 15.2 Å². The van der Waals surface area contributed by atoms with Gasteiger partial charge in [0, 0.05) is 5.56 Å². The summed E-state index contributed by atoms with van der Waals surface area (Å²) in [4.78, 5) is 17.6. The van der Waals surface area contributed by atoms with Gasteiger partial charge in [-0.15, -0.1) is 0 Å². The molecule has 1 aromatic heterocycles. The fraction of sp³-hybridized carbons (Fsp3) is 0.143. The van der Waals surface area contributed by atoms with Crippen LogP contribution in [0.4, 0.5) is 0 Å². The lowest BCUT2D eigenvalue weighted by atomic mass is 10.0. The normalized spacial score (nSPS) is 10.7. The van der Waals surface area contributed by atoms with Gasteiger partial charge in [0.2, 0.25) is 0 Å². The molecule has 2 rings (SSSR count). The van der Waals surface area contributed by atoms with Gasteiger partial charge in [0.15, 0.2) is 9.88 Å². The van der Waals surface area contributed by atoms with Crippen LogP contribution in [0, 0.1) is 4.77 Å². The van der Waals surface area contributed by atoms with Crippen LogP contribution in [0.5, 0.6) is 0 Å². The maximum Gasteiger partial charge on any atom is 0.255 e. The molecule has 0 aliphatic heterocycles. The fourth-order valence-electron chi connectivity index (χ4n) is 1.96. The van der Waals surface area contributed by atoms with Gasteiger partial charge in [0.05, 0.1) is 11.9 Å². The standard InChI is InChI=1S/C14H15N5OS2/c15-13(21)19-16-8-11-10(12(20)18-14(22)17-11)7-6-9-4-2-1-3-5-9/h1-5,8H,6-7H2,(H3,15,19,21)(H2,17,18,20,22)/b16-8+. The lowest BCUT2D eigenvalue weighted by molar-refractivity contribution is 0.900. The monoisotopic (exact) mass is 333 g/mol. The van der Waals surface area contributed by atoms with Crippen LogP contribution in [0.15, 0.2) is 40.2 Å². The molecule has 0 spiro atoms. The minimum atomic E-state index is -0.226. The van der Waals surface area contributed by atoms with Crippen LogP contribution < -0.4 is 16.7 Å². The molecule has 1 aromatic carbocycles. The minimum absolute atomic E-state index is 0.0468. The molecule has 2 aromatic rings. The summed E-state index contributed by atoms with van der Waals surface area (Å²) >= 11 is 9.65. The summed E-state index contributed by atoms with van der Waals surface area (Å²) in [5.41, 5.74) is 9.78. The van der Waals surface area contributed by atoms with E-state index in [-0.39, 0.29) is 15.4 Å². The molecule has 0 aliphatic rings. The molecule has 0 amide bonds. The molecule has 0 aliphatic carbocycles. The number of nitrogens with zero attached hydrogens (tertiary/aromatic N) is 1. The lowest BCUT2D eigenvalue weighted by Gasteiger charge is -2.05. The van der Waals surface area contributed by atoms with Crippen molar-refractivity contribution in [1.82, 2.24) is 15.4 Å². The molecule has 5 N–H and O–H groups in total. The van der Waals surface area contributed by atoms with Crippen molar-refractivity contribution in [1.29, 1.82) is 0 Å². The molecule has 0 atom stereocenters. The third kappa shape index (κ3) is 4.61. The van der Waals surface area contributed by atoms with E-state index in [0.717, 1.165) is 12.0 Å². The van der Waals surface area contributed by atoms with Gasteiger partial charge in [-0.05, 0) is 42.8 Å². The van der Waals surface area contributed by atoms with Gasteiger partial charge >= 0.3 is 0 Å². The van der Waals surface area contributed by atoms with Crippen molar-refractivity contribution in [2.75, 3.05) is 0 Å². The highest BCUT2D eigenvalue weighted by Crippen LogP contribution is 2.06. The number of rotatable bonds is 5. The number of thiocarbonyl (C=S) groups is 1. The van der Waals surface area contributed by atoms with E-state index in [0.29, 0.717) is 17.7 Å². The van der Waals surface area contributed by atoms with Crippen LogP contribution in [0.2, 0.25) is 0 Å². The maximum atomic E-state index is 12.1. The van der Waals surface area contributed by atoms with Crippen molar-refractivity contribution in [3.63, 3.8) is 0 Å². The van der Waals surface area contributed by atoms with Crippen LogP contribution in [0.3, 0.4) is 0 Å². The number of aromatic amines is 2. The molecule has 1 heterocycles. The van der Waals surface area contributed by atoms with E-state index < -0.39 is 0 Å². The summed E-state index contributed by atoms with van der Waals surface area (Å²) in [7, 11) is 0. The summed E-state index contributed by atoms with van der Waals surface area (Å²) in [5.74, 6) is 0. The summed E-state index contributed by atoms with van der Waals surface area (Å²) in [6, 6.07) is 9.91. The molecule has 8 heteroatoms. The predicted molar refractivity (Wildman–Crippen MR) is 93.6 cm³/mol. The van der Waals surface area contributed by atoms with Gasteiger partial charge in [0.25, 0.3) is 5.56 Å². The number of benzene rings is 1. The Morgan fingerprint density at radius 1 is 1.27 bits per heavy atom. The number of hydrogen-bond acceptors (Lipinski definition) is 4. The zero-order valence-corrected chi connectivity index (χ0v) is 13.3. The van der Waals surface area contributed by atoms with Crippen LogP contribution in [-0.4, -0.2) is 21.3 Å². The molecule has 6 nitrogen and oxygen atoms in total. The Balaban J connectivity index is 2.25. The fourth-order valence-corrected chi connectivity index (χ4v) is 2.22. The van der Waals surface area contributed by atoms with Crippen LogP contribution >= 0.6 is 24.4 Å². The summed E-state index contributed by atoms with van der Waals surface area (Å²) in [6.45, 7) is 0. The first-order chi connectivity index (χ1) is 10.6. The Kier molecular flexibility index (Phi) is 5.56. The second-order valence-electron chi connectivity index (χ2n) is 4.52. The molecule has 22 heavy (non-hydrogen) atoms. The second kappa shape index (κ2) is 7.62.